The highest BCUT2D eigenvalue weighted by atomic mass is 32.2. The van der Waals surface area contributed by atoms with Gasteiger partial charge in [-0.05, 0) is 55.6 Å². The zero-order valence-corrected chi connectivity index (χ0v) is 21.5. The molecular weight excluding hydrogens is 450 g/mol. The number of carbonyl (C=O) groups excluding carboxylic acids is 1. The van der Waals surface area contributed by atoms with E-state index >= 15 is 0 Å². The van der Waals surface area contributed by atoms with Crippen molar-refractivity contribution in [1.82, 2.24) is 14.5 Å². The minimum Gasteiger partial charge on any atom is -0.496 e. The Morgan fingerprint density at radius 2 is 1.82 bits per heavy atom. The highest BCUT2D eigenvalue weighted by Gasteiger charge is 2.25. The first-order chi connectivity index (χ1) is 16.3. The maximum Gasteiger partial charge on any atom is 0.255 e. The first kappa shape index (κ1) is 26.2. The molecule has 0 radical (unpaired) electrons. The molecule has 0 spiro atoms. The number of likely N-dealkylation sites (tertiary alicyclic amines) is 1. The third-order valence-electron chi connectivity index (χ3n) is 6.63. The Morgan fingerprint density at radius 3 is 2.47 bits per heavy atom. The first-order valence-electron chi connectivity index (χ1n) is 12.1. The van der Waals surface area contributed by atoms with Gasteiger partial charge in [0.15, 0.2) is 0 Å². The topological polar surface area (TPSA) is 78.9 Å². The zero-order chi connectivity index (χ0) is 24.7. The van der Waals surface area contributed by atoms with Gasteiger partial charge in [0.2, 0.25) is 10.0 Å². The van der Waals surface area contributed by atoms with Crippen LogP contribution in [0.3, 0.4) is 0 Å². The second-order valence-corrected chi connectivity index (χ2v) is 10.7. The predicted octanol–water partition coefficient (Wildman–Crippen LogP) is 4.03. The van der Waals surface area contributed by atoms with Gasteiger partial charge in [0.05, 0.1) is 17.6 Å². The molecule has 0 aliphatic carbocycles. The third-order valence-corrected chi connectivity index (χ3v) is 8.68. The van der Waals surface area contributed by atoms with Gasteiger partial charge < -0.3 is 10.1 Å². The summed E-state index contributed by atoms with van der Waals surface area (Å²) in [6.45, 7) is 8.88. The molecule has 1 unspecified atom stereocenters. The van der Waals surface area contributed by atoms with Gasteiger partial charge >= 0.3 is 0 Å². The molecule has 2 aromatic rings. The molecule has 0 aromatic heterocycles. The zero-order valence-electron chi connectivity index (χ0n) is 20.7. The molecule has 1 aliphatic heterocycles. The summed E-state index contributed by atoms with van der Waals surface area (Å²) in [7, 11) is -2.21. The number of ether oxygens (including phenoxy) is 1. The molecule has 7 nitrogen and oxygen atoms in total. The van der Waals surface area contributed by atoms with Gasteiger partial charge in [0.1, 0.15) is 5.75 Å². The highest BCUT2D eigenvalue weighted by Crippen LogP contribution is 2.25. The van der Waals surface area contributed by atoms with E-state index < -0.39 is 10.0 Å². The van der Waals surface area contributed by atoms with Gasteiger partial charge in [0.25, 0.3) is 5.91 Å². The second-order valence-electron chi connectivity index (χ2n) is 8.72. The molecule has 186 valence electrons. The van der Waals surface area contributed by atoms with E-state index in [1.54, 1.807) is 13.8 Å². The number of sulfonamides is 1. The van der Waals surface area contributed by atoms with Crippen LogP contribution in [-0.2, 0) is 23.1 Å². The van der Waals surface area contributed by atoms with E-state index in [9.17, 15) is 13.2 Å². The Morgan fingerprint density at radius 1 is 1.12 bits per heavy atom. The number of rotatable bonds is 10. The number of piperidine rings is 1. The minimum atomic E-state index is -3.69. The Bertz CT molecular complexity index is 1080. The Balaban J connectivity index is 1.79. The van der Waals surface area contributed by atoms with Gasteiger partial charge in [-0.2, -0.15) is 4.31 Å². The molecule has 1 atom stereocenters. The van der Waals surface area contributed by atoms with E-state index in [2.05, 4.69) is 23.2 Å². The molecule has 1 N–H and O–H groups in total. The van der Waals surface area contributed by atoms with Crippen molar-refractivity contribution in [3.63, 3.8) is 0 Å². The van der Waals surface area contributed by atoms with E-state index in [0.29, 0.717) is 31.4 Å². The van der Waals surface area contributed by atoms with Crippen LogP contribution in [0, 0.1) is 0 Å². The van der Waals surface area contributed by atoms with Crippen molar-refractivity contribution in [3.8, 4) is 5.75 Å². The monoisotopic (exact) mass is 487 g/mol. The van der Waals surface area contributed by atoms with Gasteiger partial charge in [0, 0.05) is 32.2 Å². The van der Waals surface area contributed by atoms with Crippen molar-refractivity contribution in [2.24, 2.45) is 0 Å². The van der Waals surface area contributed by atoms with E-state index in [4.69, 9.17) is 4.74 Å². The molecule has 1 heterocycles. The molecule has 3 rings (SSSR count). The van der Waals surface area contributed by atoms with Crippen molar-refractivity contribution < 1.29 is 17.9 Å². The van der Waals surface area contributed by atoms with Crippen LogP contribution in [0.5, 0.6) is 5.75 Å². The number of carbonyl (C=O) groups is 1. The molecule has 34 heavy (non-hydrogen) atoms. The van der Waals surface area contributed by atoms with Crippen LogP contribution < -0.4 is 10.1 Å². The molecule has 1 amide bonds. The van der Waals surface area contributed by atoms with Crippen LogP contribution in [-0.4, -0.2) is 56.3 Å². The first-order valence-corrected chi connectivity index (χ1v) is 13.5. The van der Waals surface area contributed by atoms with Crippen LogP contribution in [0.4, 0.5) is 0 Å². The molecule has 1 fully saturated rings. The van der Waals surface area contributed by atoms with Crippen molar-refractivity contribution in [2.75, 3.05) is 26.7 Å². The van der Waals surface area contributed by atoms with E-state index in [0.717, 1.165) is 18.7 Å². The normalized spacial score (nSPS) is 17.0. The largest absolute Gasteiger partial charge is 0.496 e. The average molecular weight is 488 g/mol. The predicted molar refractivity (Wildman–Crippen MR) is 134 cm³/mol. The summed E-state index contributed by atoms with van der Waals surface area (Å²) < 4.78 is 32.6. The molecule has 8 heteroatoms. The SMILES string of the molecule is CCN(CC)S(=O)(=O)c1ccc(OC)c(C(=O)NCc2ccccc2CN2CCCCC2C)c1. The lowest BCUT2D eigenvalue weighted by molar-refractivity contribution is 0.0947. The number of nitrogens with one attached hydrogen (secondary N) is 1. The number of methoxy groups -OCH3 is 1. The Hall–Kier alpha value is -2.42. The summed E-state index contributed by atoms with van der Waals surface area (Å²) in [4.78, 5) is 15.7. The van der Waals surface area contributed by atoms with Gasteiger partial charge in [-0.25, -0.2) is 8.42 Å². The second kappa shape index (κ2) is 11.8. The van der Waals surface area contributed by atoms with Gasteiger partial charge in [-0.15, -0.1) is 0 Å². The maximum atomic E-state index is 13.1. The number of amides is 1. The fourth-order valence-corrected chi connectivity index (χ4v) is 5.99. The number of hydrogen-bond acceptors (Lipinski definition) is 5. The van der Waals surface area contributed by atoms with Crippen LogP contribution in [0.25, 0.3) is 0 Å². The van der Waals surface area contributed by atoms with Crippen molar-refractivity contribution in [2.45, 2.75) is 64.1 Å². The Labute approximate surface area is 204 Å². The Kier molecular flexibility index (Phi) is 9.10. The van der Waals surface area contributed by atoms with Crippen LogP contribution >= 0.6 is 0 Å². The maximum absolute atomic E-state index is 13.1. The number of nitrogens with zero attached hydrogens (tertiary/aromatic N) is 2. The molecule has 1 aliphatic rings. The summed E-state index contributed by atoms with van der Waals surface area (Å²) in [5.74, 6) is -0.0268. The minimum absolute atomic E-state index is 0.0848. The lowest BCUT2D eigenvalue weighted by Gasteiger charge is -2.33. The van der Waals surface area contributed by atoms with Crippen molar-refractivity contribution in [3.05, 3.63) is 59.2 Å². The molecule has 0 saturated carbocycles. The van der Waals surface area contributed by atoms with E-state index in [1.165, 1.54) is 54.4 Å². The number of benzene rings is 2. The standard InChI is InChI=1S/C26H37N3O4S/c1-5-29(6-2)34(31,32)23-14-15-25(33-4)24(17-23)26(30)27-18-21-12-7-8-13-22(21)19-28-16-10-9-11-20(28)3/h7-8,12-15,17,20H,5-6,9-11,16,18-19H2,1-4H3,(H,27,30). The lowest BCUT2D eigenvalue weighted by Crippen LogP contribution is -2.37. The fraction of sp³-hybridized carbons (Fsp3) is 0.500. The highest BCUT2D eigenvalue weighted by molar-refractivity contribution is 7.89. The summed E-state index contributed by atoms with van der Waals surface area (Å²) in [6, 6.07) is 13.1. The fourth-order valence-electron chi connectivity index (χ4n) is 4.50. The third kappa shape index (κ3) is 5.98. The summed E-state index contributed by atoms with van der Waals surface area (Å²) in [6.07, 6.45) is 3.71. The van der Waals surface area contributed by atoms with Crippen LogP contribution in [0.15, 0.2) is 47.4 Å². The molecule has 2 aromatic carbocycles. The lowest BCUT2D eigenvalue weighted by atomic mass is 10.0. The van der Waals surface area contributed by atoms with Gasteiger partial charge in [-0.3, -0.25) is 9.69 Å². The number of hydrogen-bond donors (Lipinski definition) is 1. The summed E-state index contributed by atoms with van der Waals surface area (Å²) in [5, 5.41) is 2.97. The van der Waals surface area contributed by atoms with Crippen molar-refractivity contribution >= 4 is 15.9 Å². The molecule has 1 saturated heterocycles. The quantitative estimate of drug-likeness (QED) is 0.547. The van der Waals surface area contributed by atoms with E-state index in [1.807, 2.05) is 18.2 Å². The molecular formula is C26H37N3O4S. The van der Waals surface area contributed by atoms with Crippen LogP contribution in [0.2, 0.25) is 0 Å². The average Bonchev–Trinajstić information content (AvgIpc) is 2.84. The van der Waals surface area contributed by atoms with E-state index in [-0.39, 0.29) is 16.4 Å². The smallest absolute Gasteiger partial charge is 0.255 e. The van der Waals surface area contributed by atoms with Gasteiger partial charge in [-0.1, -0.05) is 44.5 Å². The summed E-state index contributed by atoms with van der Waals surface area (Å²) >= 11 is 0. The van der Waals surface area contributed by atoms with Crippen LogP contribution in [0.1, 0.15) is 61.5 Å². The van der Waals surface area contributed by atoms with Crippen molar-refractivity contribution in [1.29, 1.82) is 0 Å². The summed E-state index contributed by atoms with van der Waals surface area (Å²) in [5.41, 5.74) is 2.46. The molecule has 0 bridgehead atoms.